The summed E-state index contributed by atoms with van der Waals surface area (Å²) >= 11 is 0. The van der Waals surface area contributed by atoms with Gasteiger partial charge in [0, 0.05) is 38.3 Å². The average molecular weight is 294 g/mol. The molecule has 0 amide bonds. The molecule has 0 spiro atoms. The molecular formula is C12H26N2O4S. The summed E-state index contributed by atoms with van der Waals surface area (Å²) in [6, 6.07) is -0.106. The predicted octanol–water partition coefficient (Wildman–Crippen LogP) is 0.339. The highest BCUT2D eigenvalue weighted by atomic mass is 32.2. The zero-order valence-electron chi connectivity index (χ0n) is 12.2. The van der Waals surface area contributed by atoms with Gasteiger partial charge < -0.3 is 9.84 Å². The van der Waals surface area contributed by atoms with Crippen LogP contribution in [0, 0.1) is 5.41 Å². The van der Waals surface area contributed by atoms with E-state index in [1.54, 1.807) is 0 Å². The fourth-order valence-electron chi connectivity index (χ4n) is 2.25. The second-order valence-corrected chi connectivity index (χ2v) is 7.38. The number of nitrogens with one attached hydrogen (secondary N) is 1. The van der Waals surface area contributed by atoms with E-state index < -0.39 is 10.2 Å². The van der Waals surface area contributed by atoms with E-state index in [4.69, 9.17) is 9.84 Å². The Bertz CT molecular complexity index is 383. The fourth-order valence-corrected chi connectivity index (χ4v) is 3.56. The van der Waals surface area contributed by atoms with Crippen molar-refractivity contribution < 1.29 is 18.3 Å². The zero-order chi connectivity index (χ0) is 14.7. The Labute approximate surface area is 116 Å². The van der Waals surface area contributed by atoms with Crippen LogP contribution in [0.5, 0.6) is 0 Å². The molecule has 1 aliphatic rings. The van der Waals surface area contributed by atoms with Gasteiger partial charge in [0.2, 0.25) is 0 Å². The Morgan fingerprint density at radius 2 is 2.11 bits per heavy atom. The minimum Gasteiger partial charge on any atom is -0.396 e. The van der Waals surface area contributed by atoms with E-state index in [0.717, 1.165) is 0 Å². The number of aliphatic hydroxyl groups excluding tert-OH is 1. The first-order chi connectivity index (χ1) is 8.75. The van der Waals surface area contributed by atoms with Crippen molar-refractivity contribution in [3.63, 3.8) is 0 Å². The first-order valence-corrected chi connectivity index (χ1v) is 8.15. The fraction of sp³-hybridized carbons (Fsp3) is 1.00. The second-order valence-electron chi connectivity index (χ2n) is 5.58. The number of hydrogen-bond donors (Lipinski definition) is 2. The third-order valence-electron chi connectivity index (χ3n) is 3.88. The van der Waals surface area contributed by atoms with Crippen LogP contribution in [0.15, 0.2) is 0 Å². The van der Waals surface area contributed by atoms with Gasteiger partial charge in [0.1, 0.15) is 0 Å². The molecule has 2 atom stereocenters. The molecule has 7 heteroatoms. The molecule has 1 rings (SSSR count). The van der Waals surface area contributed by atoms with Crippen molar-refractivity contribution >= 4 is 10.2 Å². The predicted molar refractivity (Wildman–Crippen MR) is 74.0 cm³/mol. The monoisotopic (exact) mass is 294 g/mol. The summed E-state index contributed by atoms with van der Waals surface area (Å²) < 4.78 is 33.7. The molecule has 0 radical (unpaired) electrons. The average Bonchev–Trinajstić information content (AvgIpc) is 2.34. The Kier molecular flexibility index (Phi) is 5.76. The van der Waals surface area contributed by atoms with Crippen LogP contribution in [0.1, 0.15) is 33.6 Å². The maximum atomic E-state index is 12.1. The van der Waals surface area contributed by atoms with E-state index >= 15 is 0 Å². The molecule has 0 heterocycles. The molecule has 19 heavy (non-hydrogen) atoms. The van der Waals surface area contributed by atoms with E-state index in [1.807, 2.05) is 20.8 Å². The van der Waals surface area contributed by atoms with Gasteiger partial charge >= 0.3 is 0 Å². The summed E-state index contributed by atoms with van der Waals surface area (Å²) in [5.41, 5.74) is -0.194. The molecule has 6 nitrogen and oxygen atoms in total. The van der Waals surface area contributed by atoms with Crippen LogP contribution in [0.2, 0.25) is 0 Å². The van der Waals surface area contributed by atoms with Crippen LogP contribution in [-0.4, -0.2) is 56.8 Å². The van der Waals surface area contributed by atoms with E-state index in [9.17, 15) is 8.42 Å². The smallest absolute Gasteiger partial charge is 0.279 e. The molecule has 114 valence electrons. The molecule has 0 saturated heterocycles. The Hall–Kier alpha value is -0.210. The normalized spacial score (nSPS) is 26.4. The first kappa shape index (κ1) is 16.8. The van der Waals surface area contributed by atoms with Crippen molar-refractivity contribution in [2.75, 3.05) is 26.8 Å². The zero-order valence-corrected chi connectivity index (χ0v) is 13.0. The Morgan fingerprint density at radius 1 is 1.47 bits per heavy atom. The van der Waals surface area contributed by atoms with Gasteiger partial charge in [-0.15, -0.1) is 0 Å². The number of aliphatic hydroxyl groups is 1. The highest BCUT2D eigenvalue weighted by Gasteiger charge is 2.50. The standard InChI is InChI=1S/C12H26N2O4S/c1-5-18-11-9-10(12(11,2)3)13-19(16,17)14(4)7-6-8-15/h10-11,13,15H,5-9H2,1-4H3. The molecule has 2 N–H and O–H groups in total. The van der Waals surface area contributed by atoms with Gasteiger partial charge in [-0.2, -0.15) is 17.4 Å². The molecule has 0 bridgehead atoms. The maximum Gasteiger partial charge on any atom is 0.279 e. The second kappa shape index (κ2) is 6.49. The lowest BCUT2D eigenvalue weighted by molar-refractivity contribution is -0.108. The van der Waals surface area contributed by atoms with E-state index in [1.165, 1.54) is 11.4 Å². The topological polar surface area (TPSA) is 78.9 Å². The number of rotatable bonds is 8. The molecule has 1 fully saturated rings. The van der Waals surface area contributed by atoms with Gasteiger partial charge in [-0.1, -0.05) is 13.8 Å². The lowest BCUT2D eigenvalue weighted by Gasteiger charge is -2.51. The van der Waals surface area contributed by atoms with Crippen LogP contribution < -0.4 is 4.72 Å². The van der Waals surface area contributed by atoms with E-state index in [0.29, 0.717) is 26.0 Å². The van der Waals surface area contributed by atoms with Gasteiger partial charge in [0.25, 0.3) is 10.2 Å². The van der Waals surface area contributed by atoms with Crippen molar-refractivity contribution in [1.82, 2.24) is 9.03 Å². The highest BCUT2D eigenvalue weighted by Crippen LogP contribution is 2.43. The minimum absolute atomic E-state index is 0.0127. The molecule has 0 aliphatic heterocycles. The lowest BCUT2D eigenvalue weighted by Crippen LogP contribution is -2.63. The van der Waals surface area contributed by atoms with Gasteiger partial charge in [-0.3, -0.25) is 0 Å². The van der Waals surface area contributed by atoms with Crippen LogP contribution in [-0.2, 0) is 14.9 Å². The molecule has 1 saturated carbocycles. The number of nitrogens with zero attached hydrogens (tertiary/aromatic N) is 1. The quantitative estimate of drug-likeness (QED) is 0.676. The molecular weight excluding hydrogens is 268 g/mol. The van der Waals surface area contributed by atoms with E-state index in [-0.39, 0.29) is 24.2 Å². The summed E-state index contributed by atoms with van der Waals surface area (Å²) in [7, 11) is -1.97. The van der Waals surface area contributed by atoms with Crippen molar-refractivity contribution in [1.29, 1.82) is 0 Å². The maximum absolute atomic E-state index is 12.1. The summed E-state index contributed by atoms with van der Waals surface area (Å²) in [6.07, 6.45) is 1.24. The first-order valence-electron chi connectivity index (χ1n) is 6.71. The number of hydrogen-bond acceptors (Lipinski definition) is 4. The summed E-state index contributed by atoms with van der Waals surface area (Å²) in [5.74, 6) is 0. The van der Waals surface area contributed by atoms with Gasteiger partial charge in [0.05, 0.1) is 6.10 Å². The molecule has 0 aromatic rings. The summed E-state index contributed by atoms with van der Waals surface area (Å²) in [4.78, 5) is 0. The SMILES string of the molecule is CCOC1CC(NS(=O)(=O)N(C)CCCO)C1(C)C. The van der Waals surface area contributed by atoms with Crippen LogP contribution >= 0.6 is 0 Å². The third-order valence-corrected chi connectivity index (χ3v) is 5.46. The van der Waals surface area contributed by atoms with Crippen LogP contribution in [0.4, 0.5) is 0 Å². The van der Waals surface area contributed by atoms with E-state index in [2.05, 4.69) is 4.72 Å². The van der Waals surface area contributed by atoms with Gasteiger partial charge in [0.15, 0.2) is 0 Å². The van der Waals surface area contributed by atoms with Crippen LogP contribution in [0.25, 0.3) is 0 Å². The van der Waals surface area contributed by atoms with Crippen molar-refractivity contribution in [3.05, 3.63) is 0 Å². The minimum atomic E-state index is -3.49. The Morgan fingerprint density at radius 3 is 2.58 bits per heavy atom. The summed E-state index contributed by atoms with van der Waals surface area (Å²) in [5, 5.41) is 8.74. The molecule has 0 aromatic carbocycles. The van der Waals surface area contributed by atoms with Crippen molar-refractivity contribution in [2.45, 2.75) is 45.8 Å². The number of ether oxygens (including phenoxy) is 1. The highest BCUT2D eigenvalue weighted by molar-refractivity contribution is 7.87. The largest absolute Gasteiger partial charge is 0.396 e. The Balaban J connectivity index is 2.56. The summed E-state index contributed by atoms with van der Waals surface area (Å²) in [6.45, 7) is 6.91. The molecule has 1 aliphatic carbocycles. The van der Waals surface area contributed by atoms with Gasteiger partial charge in [-0.05, 0) is 19.8 Å². The molecule has 0 aromatic heterocycles. The van der Waals surface area contributed by atoms with Crippen LogP contribution in [0.3, 0.4) is 0 Å². The van der Waals surface area contributed by atoms with Gasteiger partial charge in [-0.25, -0.2) is 0 Å². The molecule has 2 unspecified atom stereocenters. The van der Waals surface area contributed by atoms with Crippen molar-refractivity contribution in [3.8, 4) is 0 Å². The van der Waals surface area contributed by atoms with Crippen molar-refractivity contribution in [2.24, 2.45) is 5.41 Å². The lowest BCUT2D eigenvalue weighted by atomic mass is 9.65. The third kappa shape index (κ3) is 3.88.